The molecule has 3 aromatic rings. The number of para-hydroxylation sites is 1. The number of benzene rings is 3. The van der Waals surface area contributed by atoms with Gasteiger partial charge in [-0.15, -0.1) is 11.8 Å². The van der Waals surface area contributed by atoms with E-state index in [2.05, 4.69) is 112 Å². The highest BCUT2D eigenvalue weighted by Gasteiger charge is 2.57. The molecular weight excluding hydrogens is 386 g/mol. The van der Waals surface area contributed by atoms with Crippen molar-refractivity contribution in [3.8, 4) is 16.9 Å². The number of rotatable bonds is 3. The average molecular weight is 414 g/mol. The summed E-state index contributed by atoms with van der Waals surface area (Å²) in [5.41, 5.74) is 5.44. The third kappa shape index (κ3) is 2.72. The van der Waals surface area contributed by atoms with Gasteiger partial charge in [-0.25, -0.2) is 0 Å². The van der Waals surface area contributed by atoms with Crippen LogP contribution in [0.15, 0.2) is 77.7 Å². The maximum absolute atomic E-state index is 6.77. The molecule has 1 spiro atoms. The summed E-state index contributed by atoms with van der Waals surface area (Å²) in [4.78, 5) is 3.59. The highest BCUT2D eigenvalue weighted by Crippen LogP contribution is 2.54. The zero-order chi connectivity index (χ0) is 20.9. The molecule has 2 heterocycles. The molecule has 0 radical (unpaired) electrons. The number of fused-ring (bicyclic) bond motifs is 2. The van der Waals surface area contributed by atoms with Gasteiger partial charge in [-0.1, -0.05) is 43.3 Å². The molecule has 0 N–H and O–H groups in total. The highest BCUT2D eigenvalue weighted by molar-refractivity contribution is 7.99. The van der Waals surface area contributed by atoms with Gasteiger partial charge in [-0.2, -0.15) is 0 Å². The second-order valence-corrected chi connectivity index (χ2v) is 9.88. The first kappa shape index (κ1) is 19.3. The molecule has 0 fully saturated rings. The summed E-state index contributed by atoms with van der Waals surface area (Å²) in [6, 6.07) is 24.0. The molecule has 3 heteroatoms. The fraction of sp³-hybridized carbons (Fsp3) is 0.259. The maximum Gasteiger partial charge on any atom is 0.211 e. The largest absolute Gasteiger partial charge is 0.463 e. The number of hydrogen-bond acceptors (Lipinski definition) is 3. The lowest BCUT2D eigenvalue weighted by Gasteiger charge is -2.45. The lowest BCUT2D eigenvalue weighted by atomic mass is 9.76. The fourth-order valence-corrected chi connectivity index (χ4v) is 5.53. The lowest BCUT2D eigenvalue weighted by molar-refractivity contribution is 0.0582. The van der Waals surface area contributed by atoms with E-state index in [1.165, 1.54) is 27.3 Å². The second kappa shape index (κ2) is 6.95. The van der Waals surface area contributed by atoms with Gasteiger partial charge in [0.25, 0.3) is 0 Å². The predicted octanol–water partition coefficient (Wildman–Crippen LogP) is 7.00. The van der Waals surface area contributed by atoms with Crippen LogP contribution in [0.2, 0.25) is 0 Å². The predicted molar refractivity (Wildman–Crippen MR) is 129 cm³/mol. The van der Waals surface area contributed by atoms with E-state index in [9.17, 15) is 0 Å². The Hall–Kier alpha value is -2.65. The Bertz CT molecular complexity index is 1130. The number of anilines is 1. The van der Waals surface area contributed by atoms with Crippen molar-refractivity contribution in [3.05, 3.63) is 83.9 Å². The number of nitrogens with zero attached hydrogens (tertiary/aromatic N) is 1. The Morgan fingerprint density at radius 1 is 0.933 bits per heavy atom. The molecule has 2 aliphatic heterocycles. The standard InChI is InChI=1S/C27H27NOS/c1-5-30-22-13-10-19(11-14-22)20-12-15-25-21(18-20)16-17-27(29-25)26(2,3)23-8-6-7-9-24(23)28(27)4/h6-18H,5H2,1-4H3. The second-order valence-electron chi connectivity index (χ2n) is 8.54. The molecule has 0 aliphatic carbocycles. The van der Waals surface area contributed by atoms with E-state index in [-0.39, 0.29) is 5.41 Å². The molecule has 152 valence electrons. The molecule has 0 amide bonds. The maximum atomic E-state index is 6.77. The molecule has 5 rings (SSSR count). The van der Waals surface area contributed by atoms with E-state index in [0.717, 1.165) is 17.1 Å². The van der Waals surface area contributed by atoms with Crippen LogP contribution in [0.25, 0.3) is 17.2 Å². The third-order valence-corrected chi connectivity index (χ3v) is 7.49. The zero-order valence-electron chi connectivity index (χ0n) is 18.0. The number of thioether (sulfide) groups is 1. The van der Waals surface area contributed by atoms with E-state index in [0.29, 0.717) is 0 Å². The van der Waals surface area contributed by atoms with Gasteiger partial charge < -0.3 is 9.64 Å². The Labute approximate surface area is 183 Å². The summed E-state index contributed by atoms with van der Waals surface area (Å²) >= 11 is 1.87. The first-order valence-electron chi connectivity index (χ1n) is 10.6. The van der Waals surface area contributed by atoms with Crippen LogP contribution in [-0.4, -0.2) is 18.5 Å². The topological polar surface area (TPSA) is 12.5 Å². The minimum absolute atomic E-state index is 0.169. The quantitative estimate of drug-likeness (QED) is 0.429. The van der Waals surface area contributed by atoms with Gasteiger partial charge in [0.2, 0.25) is 5.72 Å². The van der Waals surface area contributed by atoms with Gasteiger partial charge in [0, 0.05) is 23.2 Å². The van der Waals surface area contributed by atoms with Crippen LogP contribution in [0.4, 0.5) is 5.69 Å². The molecule has 3 aromatic carbocycles. The normalized spacial score (nSPS) is 20.7. The molecule has 30 heavy (non-hydrogen) atoms. The Morgan fingerprint density at radius 3 is 2.40 bits per heavy atom. The van der Waals surface area contributed by atoms with Crippen LogP contribution in [0.3, 0.4) is 0 Å². The molecule has 0 saturated carbocycles. The first-order valence-corrected chi connectivity index (χ1v) is 11.5. The molecule has 2 nitrogen and oxygen atoms in total. The molecule has 0 bridgehead atoms. The van der Waals surface area contributed by atoms with Crippen LogP contribution < -0.4 is 9.64 Å². The van der Waals surface area contributed by atoms with E-state index in [1.54, 1.807) is 0 Å². The van der Waals surface area contributed by atoms with Crippen molar-refractivity contribution in [1.29, 1.82) is 0 Å². The van der Waals surface area contributed by atoms with Gasteiger partial charge in [0.05, 0.1) is 5.41 Å². The number of ether oxygens (including phenoxy) is 1. The minimum atomic E-state index is -0.524. The van der Waals surface area contributed by atoms with Gasteiger partial charge in [0.1, 0.15) is 5.75 Å². The molecule has 2 aliphatic rings. The van der Waals surface area contributed by atoms with Crippen molar-refractivity contribution >= 4 is 23.5 Å². The summed E-state index contributed by atoms with van der Waals surface area (Å²) in [6.45, 7) is 6.73. The van der Waals surface area contributed by atoms with Crippen molar-refractivity contribution in [2.45, 2.75) is 36.8 Å². The van der Waals surface area contributed by atoms with E-state index in [4.69, 9.17) is 4.74 Å². The molecule has 1 unspecified atom stereocenters. The van der Waals surface area contributed by atoms with Gasteiger partial charge in [-0.05, 0) is 78.8 Å². The summed E-state index contributed by atoms with van der Waals surface area (Å²) in [5, 5.41) is 0. The van der Waals surface area contributed by atoms with Crippen molar-refractivity contribution in [2.75, 3.05) is 17.7 Å². The minimum Gasteiger partial charge on any atom is -0.463 e. The smallest absolute Gasteiger partial charge is 0.211 e. The average Bonchev–Trinajstić information content (AvgIpc) is 2.93. The van der Waals surface area contributed by atoms with E-state index >= 15 is 0 Å². The van der Waals surface area contributed by atoms with Gasteiger partial charge >= 0.3 is 0 Å². The van der Waals surface area contributed by atoms with Crippen molar-refractivity contribution in [2.24, 2.45) is 0 Å². The first-order chi connectivity index (χ1) is 14.5. The van der Waals surface area contributed by atoms with Crippen LogP contribution in [-0.2, 0) is 5.41 Å². The summed E-state index contributed by atoms with van der Waals surface area (Å²) in [5.74, 6) is 2.03. The molecule has 0 saturated heterocycles. The summed E-state index contributed by atoms with van der Waals surface area (Å²) < 4.78 is 6.77. The third-order valence-electron chi connectivity index (χ3n) is 6.60. The SMILES string of the molecule is CCSc1ccc(-c2ccc3c(c2)C=CC2(O3)N(C)c3ccccc3C2(C)C)cc1. The van der Waals surface area contributed by atoms with Crippen LogP contribution in [0.1, 0.15) is 31.9 Å². The highest BCUT2D eigenvalue weighted by atomic mass is 32.2. The fourth-order valence-electron chi connectivity index (χ4n) is 4.87. The molecular formula is C27H27NOS. The van der Waals surface area contributed by atoms with Crippen molar-refractivity contribution in [1.82, 2.24) is 0 Å². The summed E-state index contributed by atoms with van der Waals surface area (Å²) in [6.07, 6.45) is 4.47. The Morgan fingerprint density at radius 2 is 1.67 bits per heavy atom. The lowest BCUT2D eigenvalue weighted by Crippen LogP contribution is -2.58. The van der Waals surface area contributed by atoms with Crippen molar-refractivity contribution in [3.63, 3.8) is 0 Å². The number of likely N-dealkylation sites (N-methyl/N-ethyl adjacent to an activating group) is 1. The van der Waals surface area contributed by atoms with Gasteiger partial charge in [-0.3, -0.25) is 0 Å². The molecule has 1 atom stereocenters. The van der Waals surface area contributed by atoms with Crippen LogP contribution in [0.5, 0.6) is 5.75 Å². The monoisotopic (exact) mass is 413 g/mol. The number of hydrogen-bond donors (Lipinski definition) is 0. The van der Waals surface area contributed by atoms with Crippen LogP contribution >= 0.6 is 11.8 Å². The zero-order valence-corrected chi connectivity index (χ0v) is 18.8. The molecule has 0 aromatic heterocycles. The van der Waals surface area contributed by atoms with E-state index in [1.807, 2.05) is 11.8 Å². The van der Waals surface area contributed by atoms with Gasteiger partial charge in [0.15, 0.2) is 0 Å². The van der Waals surface area contributed by atoms with Crippen LogP contribution in [0, 0.1) is 0 Å². The Kier molecular flexibility index (Phi) is 4.48. The van der Waals surface area contributed by atoms with E-state index < -0.39 is 5.72 Å². The summed E-state index contributed by atoms with van der Waals surface area (Å²) in [7, 11) is 2.13. The Balaban J connectivity index is 1.50. The van der Waals surface area contributed by atoms with Crippen molar-refractivity contribution < 1.29 is 4.74 Å².